The van der Waals surface area contributed by atoms with E-state index in [1.807, 2.05) is 17.6 Å². The topological polar surface area (TPSA) is 83.8 Å². The summed E-state index contributed by atoms with van der Waals surface area (Å²) in [5.41, 5.74) is 1.99. The van der Waals surface area contributed by atoms with Crippen molar-refractivity contribution in [3.63, 3.8) is 0 Å². The minimum atomic E-state index is -0.0146. The summed E-state index contributed by atoms with van der Waals surface area (Å²) in [6.07, 6.45) is 5.09. The van der Waals surface area contributed by atoms with Crippen molar-refractivity contribution < 1.29 is 0 Å². The Labute approximate surface area is 122 Å². The van der Waals surface area contributed by atoms with Crippen LogP contribution in [0.2, 0.25) is 0 Å². The highest BCUT2D eigenvalue weighted by molar-refractivity contribution is 5.68. The summed E-state index contributed by atoms with van der Waals surface area (Å²) in [6.45, 7) is 8.44. The molecule has 2 N–H and O–H groups in total. The van der Waals surface area contributed by atoms with Crippen molar-refractivity contribution in [2.45, 2.75) is 39.2 Å². The standard InChI is InChI=1S/C14H19N7/c1-9(12-16-8-17-19-12)18-13-10-7-11(14(2,3)4)20-21(10)6-5-15-13/h5-9H,1-4H3,(H,15,18)(H,16,17,19). The maximum Gasteiger partial charge on any atom is 0.152 e. The van der Waals surface area contributed by atoms with Gasteiger partial charge in [0.25, 0.3) is 0 Å². The van der Waals surface area contributed by atoms with Crippen LogP contribution in [0.4, 0.5) is 5.82 Å². The van der Waals surface area contributed by atoms with Crippen LogP contribution in [0, 0.1) is 0 Å². The molecule has 0 aliphatic rings. The molecule has 0 amide bonds. The molecule has 0 aliphatic carbocycles. The number of fused-ring (bicyclic) bond motifs is 1. The number of anilines is 1. The summed E-state index contributed by atoms with van der Waals surface area (Å²) in [7, 11) is 0. The lowest BCUT2D eigenvalue weighted by Gasteiger charge is -2.13. The molecule has 3 heterocycles. The van der Waals surface area contributed by atoms with E-state index in [4.69, 9.17) is 0 Å². The minimum Gasteiger partial charge on any atom is -0.359 e. The van der Waals surface area contributed by atoms with E-state index in [1.165, 1.54) is 6.33 Å². The first kappa shape index (κ1) is 13.5. The SMILES string of the molecule is CC(Nc1nccn2nc(C(C)(C)C)cc12)c1ncn[nH]1. The van der Waals surface area contributed by atoms with Crippen LogP contribution in [-0.2, 0) is 5.41 Å². The van der Waals surface area contributed by atoms with Gasteiger partial charge in [0.2, 0.25) is 0 Å². The maximum atomic E-state index is 4.62. The molecule has 1 unspecified atom stereocenters. The van der Waals surface area contributed by atoms with Gasteiger partial charge < -0.3 is 5.32 Å². The van der Waals surface area contributed by atoms with Crippen molar-refractivity contribution in [1.29, 1.82) is 0 Å². The van der Waals surface area contributed by atoms with Crippen molar-refractivity contribution in [3.05, 3.63) is 36.3 Å². The van der Waals surface area contributed by atoms with Gasteiger partial charge in [-0.05, 0) is 13.0 Å². The average molecular weight is 285 g/mol. The van der Waals surface area contributed by atoms with Crippen molar-refractivity contribution in [1.82, 2.24) is 29.8 Å². The molecule has 0 radical (unpaired) electrons. The van der Waals surface area contributed by atoms with Crippen molar-refractivity contribution in [3.8, 4) is 0 Å². The van der Waals surface area contributed by atoms with E-state index in [1.54, 1.807) is 6.20 Å². The molecule has 1 atom stereocenters. The minimum absolute atomic E-state index is 0.000161. The molecule has 3 rings (SSSR count). The van der Waals surface area contributed by atoms with Gasteiger partial charge in [0.1, 0.15) is 17.7 Å². The Bertz CT molecular complexity index is 736. The van der Waals surface area contributed by atoms with E-state index in [0.29, 0.717) is 0 Å². The molecule has 0 saturated carbocycles. The van der Waals surface area contributed by atoms with Gasteiger partial charge in [0.15, 0.2) is 5.82 Å². The van der Waals surface area contributed by atoms with Crippen LogP contribution in [0.25, 0.3) is 5.52 Å². The second kappa shape index (κ2) is 4.83. The lowest BCUT2D eigenvalue weighted by Crippen LogP contribution is -2.11. The van der Waals surface area contributed by atoms with Gasteiger partial charge in [-0.2, -0.15) is 10.2 Å². The van der Waals surface area contributed by atoms with Crippen LogP contribution >= 0.6 is 0 Å². The smallest absolute Gasteiger partial charge is 0.152 e. The summed E-state index contributed by atoms with van der Waals surface area (Å²) in [5.74, 6) is 1.55. The lowest BCUT2D eigenvalue weighted by molar-refractivity contribution is 0.562. The highest BCUT2D eigenvalue weighted by atomic mass is 15.3. The summed E-state index contributed by atoms with van der Waals surface area (Å²) in [4.78, 5) is 8.58. The number of aromatic amines is 1. The first-order valence-corrected chi connectivity index (χ1v) is 6.92. The molecule has 0 saturated heterocycles. The highest BCUT2D eigenvalue weighted by Crippen LogP contribution is 2.25. The fourth-order valence-electron chi connectivity index (χ4n) is 2.10. The molecule has 7 nitrogen and oxygen atoms in total. The van der Waals surface area contributed by atoms with Gasteiger partial charge in [-0.25, -0.2) is 14.5 Å². The molecule has 21 heavy (non-hydrogen) atoms. The van der Waals surface area contributed by atoms with E-state index in [0.717, 1.165) is 22.9 Å². The van der Waals surface area contributed by atoms with Crippen LogP contribution in [-0.4, -0.2) is 29.8 Å². The van der Waals surface area contributed by atoms with Crippen LogP contribution in [0.5, 0.6) is 0 Å². The maximum absolute atomic E-state index is 4.62. The fourth-order valence-corrected chi connectivity index (χ4v) is 2.10. The third-order valence-electron chi connectivity index (χ3n) is 3.36. The van der Waals surface area contributed by atoms with Gasteiger partial charge >= 0.3 is 0 Å². The number of nitrogens with one attached hydrogen (secondary N) is 2. The number of H-pyrrole nitrogens is 1. The van der Waals surface area contributed by atoms with Crippen molar-refractivity contribution in [2.24, 2.45) is 0 Å². The Morgan fingerprint density at radius 3 is 2.76 bits per heavy atom. The zero-order chi connectivity index (χ0) is 15.0. The number of nitrogens with zero attached hydrogens (tertiary/aromatic N) is 5. The molecule has 110 valence electrons. The zero-order valence-electron chi connectivity index (χ0n) is 12.6. The van der Waals surface area contributed by atoms with E-state index in [2.05, 4.69) is 57.4 Å². The third-order valence-corrected chi connectivity index (χ3v) is 3.36. The average Bonchev–Trinajstić information content (AvgIpc) is 3.07. The van der Waals surface area contributed by atoms with Gasteiger partial charge in [-0.1, -0.05) is 20.8 Å². The van der Waals surface area contributed by atoms with E-state index >= 15 is 0 Å². The number of rotatable bonds is 3. The quantitative estimate of drug-likeness (QED) is 0.771. The Morgan fingerprint density at radius 1 is 1.29 bits per heavy atom. The third kappa shape index (κ3) is 2.58. The van der Waals surface area contributed by atoms with E-state index in [9.17, 15) is 0 Å². The number of aromatic nitrogens is 6. The Kier molecular flexibility index (Phi) is 3.12. The molecule has 7 heteroatoms. The largest absolute Gasteiger partial charge is 0.359 e. The number of hydrogen-bond donors (Lipinski definition) is 2. The van der Waals surface area contributed by atoms with Gasteiger partial charge in [0, 0.05) is 17.8 Å². The number of hydrogen-bond acceptors (Lipinski definition) is 5. The normalized spacial score (nSPS) is 13.5. The summed E-state index contributed by atoms with van der Waals surface area (Å²) < 4.78 is 1.85. The van der Waals surface area contributed by atoms with E-state index in [-0.39, 0.29) is 11.5 Å². The van der Waals surface area contributed by atoms with Crippen LogP contribution in [0.3, 0.4) is 0 Å². The molecule has 0 spiro atoms. The lowest BCUT2D eigenvalue weighted by atomic mass is 9.92. The predicted octanol–water partition coefficient (Wildman–Crippen LogP) is 2.32. The van der Waals surface area contributed by atoms with Crippen LogP contribution < -0.4 is 5.32 Å². The predicted molar refractivity (Wildman–Crippen MR) is 80.1 cm³/mol. The monoisotopic (exact) mass is 285 g/mol. The van der Waals surface area contributed by atoms with Gasteiger partial charge in [-0.15, -0.1) is 0 Å². The Hall–Kier alpha value is -2.44. The summed E-state index contributed by atoms with van der Waals surface area (Å²) in [6, 6.07) is 2.06. The van der Waals surface area contributed by atoms with Gasteiger partial charge in [-0.3, -0.25) is 5.10 Å². The molecule has 3 aromatic heterocycles. The van der Waals surface area contributed by atoms with Crippen molar-refractivity contribution >= 4 is 11.3 Å². The summed E-state index contributed by atoms with van der Waals surface area (Å²) >= 11 is 0. The first-order valence-electron chi connectivity index (χ1n) is 6.92. The Balaban J connectivity index is 1.97. The first-order chi connectivity index (χ1) is 9.95. The van der Waals surface area contributed by atoms with Gasteiger partial charge in [0.05, 0.1) is 11.7 Å². The molecular weight excluding hydrogens is 266 g/mol. The second-order valence-electron chi connectivity index (χ2n) is 6.12. The molecule has 0 bridgehead atoms. The molecule has 0 aliphatic heterocycles. The molecule has 0 fully saturated rings. The summed E-state index contributed by atoms with van der Waals surface area (Å²) in [5, 5.41) is 14.7. The Morgan fingerprint density at radius 2 is 2.10 bits per heavy atom. The molecule has 0 aromatic carbocycles. The highest BCUT2D eigenvalue weighted by Gasteiger charge is 2.19. The van der Waals surface area contributed by atoms with E-state index < -0.39 is 0 Å². The van der Waals surface area contributed by atoms with Crippen LogP contribution in [0.15, 0.2) is 24.8 Å². The fraction of sp³-hybridized carbons (Fsp3) is 0.429. The molecule has 3 aromatic rings. The molecular formula is C14H19N7. The zero-order valence-corrected chi connectivity index (χ0v) is 12.6. The van der Waals surface area contributed by atoms with Crippen LogP contribution in [0.1, 0.15) is 45.3 Å². The van der Waals surface area contributed by atoms with Crippen molar-refractivity contribution in [2.75, 3.05) is 5.32 Å². The second-order valence-corrected chi connectivity index (χ2v) is 6.12.